The highest BCUT2D eigenvalue weighted by Gasteiger charge is 2.02. The standard InChI is InChI=1S/C12H21N3S/c1-9(2)14-7-11-5-6-13-12(15-11)8-16-10(3)4/h5-6,9-10,14H,7-8H2,1-4H3. The van der Waals surface area contributed by atoms with Crippen LogP contribution in [0, 0.1) is 0 Å². The Balaban J connectivity index is 2.50. The van der Waals surface area contributed by atoms with Crippen LogP contribution in [0.25, 0.3) is 0 Å². The molecule has 0 aliphatic carbocycles. The minimum atomic E-state index is 0.489. The van der Waals surface area contributed by atoms with Crippen molar-refractivity contribution in [2.24, 2.45) is 0 Å². The fourth-order valence-electron chi connectivity index (χ4n) is 1.16. The Morgan fingerprint density at radius 2 is 2.06 bits per heavy atom. The van der Waals surface area contributed by atoms with Gasteiger partial charge in [0.15, 0.2) is 0 Å². The van der Waals surface area contributed by atoms with E-state index < -0.39 is 0 Å². The van der Waals surface area contributed by atoms with Gasteiger partial charge in [-0.15, -0.1) is 0 Å². The van der Waals surface area contributed by atoms with Crippen molar-refractivity contribution in [3.8, 4) is 0 Å². The van der Waals surface area contributed by atoms with Crippen LogP contribution in [0.2, 0.25) is 0 Å². The summed E-state index contributed by atoms with van der Waals surface area (Å²) in [5, 5.41) is 3.98. The van der Waals surface area contributed by atoms with E-state index in [4.69, 9.17) is 0 Å². The summed E-state index contributed by atoms with van der Waals surface area (Å²) in [6.45, 7) is 9.47. The molecule has 16 heavy (non-hydrogen) atoms. The van der Waals surface area contributed by atoms with Crippen molar-refractivity contribution in [2.75, 3.05) is 0 Å². The van der Waals surface area contributed by atoms with Gasteiger partial charge in [-0.05, 0) is 11.3 Å². The average molecular weight is 239 g/mol. The van der Waals surface area contributed by atoms with Crippen LogP contribution in [0.1, 0.15) is 39.2 Å². The number of rotatable bonds is 6. The fraction of sp³-hybridized carbons (Fsp3) is 0.667. The Hall–Kier alpha value is -0.610. The Morgan fingerprint density at radius 3 is 2.69 bits per heavy atom. The molecule has 90 valence electrons. The third-order valence-corrected chi connectivity index (χ3v) is 3.09. The Labute approximate surface area is 102 Å². The van der Waals surface area contributed by atoms with E-state index in [1.54, 1.807) is 0 Å². The maximum atomic E-state index is 4.52. The molecule has 1 aromatic rings. The van der Waals surface area contributed by atoms with E-state index in [-0.39, 0.29) is 0 Å². The number of nitrogens with zero attached hydrogens (tertiary/aromatic N) is 2. The minimum absolute atomic E-state index is 0.489. The summed E-state index contributed by atoms with van der Waals surface area (Å²) >= 11 is 1.87. The summed E-state index contributed by atoms with van der Waals surface area (Å²) in [6, 6.07) is 2.46. The highest BCUT2D eigenvalue weighted by Crippen LogP contribution is 2.14. The maximum Gasteiger partial charge on any atom is 0.138 e. The molecule has 3 nitrogen and oxygen atoms in total. The topological polar surface area (TPSA) is 37.8 Å². The van der Waals surface area contributed by atoms with E-state index in [0.29, 0.717) is 11.3 Å². The molecule has 0 fully saturated rings. The van der Waals surface area contributed by atoms with Gasteiger partial charge in [0.25, 0.3) is 0 Å². The van der Waals surface area contributed by atoms with Gasteiger partial charge in [-0.2, -0.15) is 11.8 Å². The van der Waals surface area contributed by atoms with Gasteiger partial charge in [-0.25, -0.2) is 9.97 Å². The molecule has 0 bridgehead atoms. The summed E-state index contributed by atoms with van der Waals surface area (Å²) in [5.41, 5.74) is 1.07. The molecule has 0 atom stereocenters. The van der Waals surface area contributed by atoms with Crippen molar-refractivity contribution in [1.29, 1.82) is 0 Å². The van der Waals surface area contributed by atoms with Crippen molar-refractivity contribution in [3.63, 3.8) is 0 Å². The van der Waals surface area contributed by atoms with E-state index in [1.807, 2.05) is 24.0 Å². The van der Waals surface area contributed by atoms with Crippen LogP contribution in [0.4, 0.5) is 0 Å². The third kappa shape index (κ3) is 5.47. The van der Waals surface area contributed by atoms with Crippen molar-refractivity contribution in [2.45, 2.75) is 51.3 Å². The van der Waals surface area contributed by atoms with E-state index in [2.05, 4.69) is 43.0 Å². The summed E-state index contributed by atoms with van der Waals surface area (Å²) in [7, 11) is 0. The SMILES string of the molecule is CC(C)NCc1ccnc(CSC(C)C)n1. The number of hydrogen-bond acceptors (Lipinski definition) is 4. The molecule has 1 rings (SSSR count). The van der Waals surface area contributed by atoms with E-state index in [1.165, 1.54) is 0 Å². The van der Waals surface area contributed by atoms with Gasteiger partial charge in [-0.3, -0.25) is 0 Å². The van der Waals surface area contributed by atoms with Crippen LogP contribution in [-0.2, 0) is 12.3 Å². The first-order valence-corrected chi connectivity index (χ1v) is 6.78. The first kappa shape index (κ1) is 13.5. The lowest BCUT2D eigenvalue weighted by Gasteiger charge is -2.08. The Kier molecular flexibility index (Phi) is 5.77. The molecule has 1 N–H and O–H groups in total. The molecule has 4 heteroatoms. The summed E-state index contributed by atoms with van der Waals surface area (Å²) in [5.74, 6) is 1.83. The monoisotopic (exact) mass is 239 g/mol. The molecule has 0 amide bonds. The average Bonchev–Trinajstić information content (AvgIpc) is 2.24. The third-order valence-electron chi connectivity index (χ3n) is 2.00. The second kappa shape index (κ2) is 6.86. The number of aromatic nitrogens is 2. The molecular formula is C12H21N3S. The smallest absolute Gasteiger partial charge is 0.138 e. The van der Waals surface area contributed by atoms with Crippen LogP contribution in [0.3, 0.4) is 0 Å². The van der Waals surface area contributed by atoms with Gasteiger partial charge in [0.05, 0.1) is 11.4 Å². The molecule has 0 aromatic carbocycles. The normalized spacial score (nSPS) is 11.4. The largest absolute Gasteiger partial charge is 0.309 e. The zero-order chi connectivity index (χ0) is 12.0. The summed E-state index contributed by atoms with van der Waals surface area (Å²) in [6.07, 6.45) is 1.85. The molecule has 0 spiro atoms. The first-order valence-electron chi connectivity index (χ1n) is 5.73. The quantitative estimate of drug-likeness (QED) is 0.828. The lowest BCUT2D eigenvalue weighted by molar-refractivity contribution is 0.579. The van der Waals surface area contributed by atoms with Crippen LogP contribution < -0.4 is 5.32 Å². The van der Waals surface area contributed by atoms with Crippen LogP contribution in [-0.4, -0.2) is 21.3 Å². The number of hydrogen-bond donors (Lipinski definition) is 1. The summed E-state index contributed by atoms with van der Waals surface area (Å²) < 4.78 is 0. The van der Waals surface area contributed by atoms with Gasteiger partial charge < -0.3 is 5.32 Å². The molecule has 0 aliphatic rings. The molecule has 1 aromatic heterocycles. The lowest BCUT2D eigenvalue weighted by atomic mass is 10.3. The van der Waals surface area contributed by atoms with Crippen LogP contribution in [0.5, 0.6) is 0 Å². The molecular weight excluding hydrogens is 218 g/mol. The first-order chi connectivity index (χ1) is 7.58. The van der Waals surface area contributed by atoms with Gasteiger partial charge >= 0.3 is 0 Å². The molecule has 0 unspecified atom stereocenters. The second-order valence-corrected chi connectivity index (χ2v) is 5.92. The molecule has 0 saturated heterocycles. The van der Waals surface area contributed by atoms with Gasteiger partial charge in [0.1, 0.15) is 5.82 Å². The van der Waals surface area contributed by atoms with Gasteiger partial charge in [0, 0.05) is 18.8 Å². The van der Waals surface area contributed by atoms with E-state index in [0.717, 1.165) is 23.8 Å². The van der Waals surface area contributed by atoms with Gasteiger partial charge in [0.2, 0.25) is 0 Å². The fourth-order valence-corrected chi connectivity index (χ4v) is 1.78. The van der Waals surface area contributed by atoms with Crippen molar-refractivity contribution >= 4 is 11.8 Å². The number of thioether (sulfide) groups is 1. The number of nitrogens with one attached hydrogen (secondary N) is 1. The van der Waals surface area contributed by atoms with E-state index >= 15 is 0 Å². The molecule has 0 radical (unpaired) electrons. The second-order valence-electron chi connectivity index (χ2n) is 4.36. The molecule has 0 saturated carbocycles. The highest BCUT2D eigenvalue weighted by atomic mass is 32.2. The van der Waals surface area contributed by atoms with Crippen LogP contribution >= 0.6 is 11.8 Å². The predicted octanol–water partition coefficient (Wildman–Crippen LogP) is 2.62. The van der Waals surface area contributed by atoms with Crippen molar-refractivity contribution in [1.82, 2.24) is 15.3 Å². The summed E-state index contributed by atoms with van der Waals surface area (Å²) in [4.78, 5) is 8.80. The predicted molar refractivity (Wildman–Crippen MR) is 70.4 cm³/mol. The maximum absolute atomic E-state index is 4.52. The lowest BCUT2D eigenvalue weighted by Crippen LogP contribution is -2.22. The minimum Gasteiger partial charge on any atom is -0.309 e. The van der Waals surface area contributed by atoms with Crippen molar-refractivity contribution in [3.05, 3.63) is 23.8 Å². The van der Waals surface area contributed by atoms with Gasteiger partial charge in [-0.1, -0.05) is 27.7 Å². The van der Waals surface area contributed by atoms with E-state index in [9.17, 15) is 0 Å². The molecule has 0 aliphatic heterocycles. The Morgan fingerprint density at radius 1 is 1.31 bits per heavy atom. The highest BCUT2D eigenvalue weighted by molar-refractivity contribution is 7.99. The molecule has 1 heterocycles. The van der Waals surface area contributed by atoms with Crippen LogP contribution in [0.15, 0.2) is 12.3 Å². The zero-order valence-corrected chi connectivity index (χ0v) is 11.3. The van der Waals surface area contributed by atoms with Crippen molar-refractivity contribution < 1.29 is 0 Å². The zero-order valence-electron chi connectivity index (χ0n) is 10.5. The Bertz CT molecular complexity index is 286.